The van der Waals surface area contributed by atoms with Gasteiger partial charge in [-0.15, -0.1) is 11.8 Å². The Morgan fingerprint density at radius 1 is 0.955 bits per heavy atom. The van der Waals surface area contributed by atoms with Gasteiger partial charge >= 0.3 is 5.63 Å². The van der Waals surface area contributed by atoms with Gasteiger partial charge in [0.15, 0.2) is 0 Å². The van der Waals surface area contributed by atoms with Crippen molar-refractivity contribution in [1.29, 1.82) is 0 Å². The van der Waals surface area contributed by atoms with Crippen molar-refractivity contribution in [2.75, 3.05) is 0 Å². The molecule has 3 rings (SSSR count). The number of hydrogen-bond donors (Lipinski definition) is 0. The van der Waals surface area contributed by atoms with Crippen LogP contribution in [0.5, 0.6) is 0 Å². The Balaban J connectivity index is 1.77. The minimum absolute atomic E-state index is 0.279. The lowest BCUT2D eigenvalue weighted by molar-refractivity contribution is 0.509. The normalized spacial score (nSPS) is 10.6. The van der Waals surface area contributed by atoms with Crippen LogP contribution >= 0.6 is 11.8 Å². The molecular weight excluding hydrogens is 292 g/mol. The van der Waals surface area contributed by atoms with E-state index in [1.165, 1.54) is 22.9 Å². The Labute approximate surface area is 133 Å². The van der Waals surface area contributed by atoms with Gasteiger partial charge in [0.1, 0.15) is 5.76 Å². The van der Waals surface area contributed by atoms with E-state index < -0.39 is 0 Å². The molecule has 0 saturated heterocycles. The summed E-state index contributed by atoms with van der Waals surface area (Å²) in [4.78, 5) is 12.8. The lowest BCUT2D eigenvalue weighted by Crippen LogP contribution is -2.02. The Morgan fingerprint density at radius 3 is 2.50 bits per heavy atom. The van der Waals surface area contributed by atoms with Crippen molar-refractivity contribution in [2.45, 2.75) is 17.6 Å². The maximum absolute atomic E-state index is 12.1. The third-order valence-corrected chi connectivity index (χ3v) is 4.42. The summed E-state index contributed by atoms with van der Waals surface area (Å²) in [6.07, 6.45) is 0. The number of aryl methyl sites for hydroxylation is 1. The Hall–Kier alpha value is -2.26. The van der Waals surface area contributed by atoms with Crippen molar-refractivity contribution in [3.05, 3.63) is 88.3 Å². The van der Waals surface area contributed by atoms with Gasteiger partial charge in [0, 0.05) is 11.3 Å². The highest BCUT2D eigenvalue weighted by molar-refractivity contribution is 7.98. The fraction of sp³-hybridized carbons (Fsp3) is 0.105. The summed E-state index contributed by atoms with van der Waals surface area (Å²) in [5, 5.41) is 0. The molecule has 2 aromatic carbocycles. The predicted octanol–water partition coefficient (Wildman–Crippen LogP) is 4.91. The molecule has 3 aromatic rings. The van der Waals surface area contributed by atoms with Gasteiger partial charge in [-0.1, -0.05) is 60.2 Å². The molecule has 0 amide bonds. The molecule has 0 aliphatic carbocycles. The van der Waals surface area contributed by atoms with Crippen molar-refractivity contribution in [3.63, 3.8) is 0 Å². The highest BCUT2D eigenvalue weighted by Crippen LogP contribution is 2.23. The van der Waals surface area contributed by atoms with Crippen molar-refractivity contribution >= 4 is 11.8 Å². The summed E-state index contributed by atoms with van der Waals surface area (Å²) in [5.74, 6) is 1.36. The van der Waals surface area contributed by atoms with Gasteiger partial charge in [0.25, 0.3) is 0 Å². The second-order valence-corrected chi connectivity index (χ2v) is 6.11. The zero-order valence-electron chi connectivity index (χ0n) is 12.3. The first-order valence-corrected chi connectivity index (χ1v) is 8.09. The van der Waals surface area contributed by atoms with Gasteiger partial charge in [0.2, 0.25) is 0 Å². The van der Waals surface area contributed by atoms with E-state index in [1.54, 1.807) is 0 Å². The van der Waals surface area contributed by atoms with Crippen molar-refractivity contribution in [3.8, 4) is 11.3 Å². The molecule has 1 heterocycles. The smallest absolute Gasteiger partial charge is 0.350 e. The molecule has 0 bridgehead atoms. The van der Waals surface area contributed by atoms with Crippen LogP contribution in [0.1, 0.15) is 11.1 Å². The number of thioether (sulfide) groups is 1. The molecule has 0 unspecified atom stereocenters. The zero-order valence-corrected chi connectivity index (χ0v) is 13.1. The summed E-state index contributed by atoms with van der Waals surface area (Å²) < 4.78 is 5.43. The monoisotopic (exact) mass is 308 g/mol. The summed E-state index contributed by atoms with van der Waals surface area (Å²) in [7, 11) is 0. The van der Waals surface area contributed by atoms with E-state index in [1.807, 2.05) is 48.5 Å². The van der Waals surface area contributed by atoms with Crippen LogP contribution in [0.15, 0.2) is 80.8 Å². The second-order valence-electron chi connectivity index (χ2n) is 5.10. The predicted molar refractivity (Wildman–Crippen MR) is 91.2 cm³/mol. The van der Waals surface area contributed by atoms with E-state index in [-0.39, 0.29) is 5.63 Å². The molecule has 0 N–H and O–H groups in total. The highest BCUT2D eigenvalue weighted by Gasteiger charge is 2.06. The zero-order chi connectivity index (χ0) is 15.4. The first-order valence-electron chi connectivity index (χ1n) is 7.10. The van der Waals surface area contributed by atoms with Gasteiger partial charge in [-0.2, -0.15) is 0 Å². The Morgan fingerprint density at radius 2 is 1.77 bits per heavy atom. The Kier molecular flexibility index (Phi) is 4.45. The number of rotatable bonds is 4. The molecule has 2 nitrogen and oxygen atoms in total. The lowest BCUT2D eigenvalue weighted by Gasteiger charge is -2.04. The molecular formula is C19H16O2S. The van der Waals surface area contributed by atoms with Gasteiger partial charge in [0.05, 0.1) is 4.90 Å². The van der Waals surface area contributed by atoms with Crippen LogP contribution < -0.4 is 5.63 Å². The average Bonchev–Trinajstić information content (AvgIpc) is 2.54. The molecule has 0 saturated carbocycles. The maximum Gasteiger partial charge on any atom is 0.350 e. The van der Waals surface area contributed by atoms with Gasteiger partial charge in [-0.25, -0.2) is 4.79 Å². The van der Waals surface area contributed by atoms with Crippen molar-refractivity contribution in [1.82, 2.24) is 0 Å². The third-order valence-electron chi connectivity index (χ3n) is 3.33. The van der Waals surface area contributed by atoms with Crippen LogP contribution in [0.4, 0.5) is 0 Å². The van der Waals surface area contributed by atoms with Crippen LogP contribution in [0.2, 0.25) is 0 Å². The molecule has 0 atom stereocenters. The van der Waals surface area contributed by atoms with Crippen molar-refractivity contribution in [2.24, 2.45) is 0 Å². The molecule has 0 spiro atoms. The molecule has 0 fully saturated rings. The molecule has 0 aliphatic heterocycles. The van der Waals surface area contributed by atoms with E-state index in [0.29, 0.717) is 10.7 Å². The summed E-state index contributed by atoms with van der Waals surface area (Å²) in [6, 6.07) is 21.6. The number of benzene rings is 2. The van der Waals surface area contributed by atoms with Crippen LogP contribution in [0.25, 0.3) is 11.3 Å². The topological polar surface area (TPSA) is 30.2 Å². The first kappa shape index (κ1) is 14.7. The summed E-state index contributed by atoms with van der Waals surface area (Å²) in [5.41, 5.74) is 3.06. The van der Waals surface area contributed by atoms with Crippen LogP contribution in [-0.2, 0) is 5.75 Å². The van der Waals surface area contributed by atoms with Crippen molar-refractivity contribution < 1.29 is 4.42 Å². The van der Waals surface area contributed by atoms with E-state index in [4.69, 9.17) is 4.42 Å². The minimum atomic E-state index is -0.279. The molecule has 22 heavy (non-hydrogen) atoms. The van der Waals surface area contributed by atoms with Crippen LogP contribution in [-0.4, -0.2) is 0 Å². The largest absolute Gasteiger partial charge is 0.422 e. The number of hydrogen-bond acceptors (Lipinski definition) is 3. The minimum Gasteiger partial charge on any atom is -0.422 e. The standard InChI is InChI=1S/C19H16O2S/c1-14-6-5-7-15(12-14)13-22-18-11-10-17(21-19(18)20)16-8-3-2-4-9-16/h2-12H,13H2,1H3. The second kappa shape index (κ2) is 6.67. The molecule has 110 valence electrons. The maximum atomic E-state index is 12.1. The summed E-state index contributed by atoms with van der Waals surface area (Å²) in [6.45, 7) is 2.07. The van der Waals surface area contributed by atoms with Gasteiger partial charge in [-0.3, -0.25) is 0 Å². The van der Waals surface area contributed by atoms with Gasteiger partial charge in [-0.05, 0) is 24.6 Å². The van der Waals surface area contributed by atoms with E-state index >= 15 is 0 Å². The van der Waals surface area contributed by atoms with E-state index in [9.17, 15) is 4.79 Å². The van der Waals surface area contributed by atoms with E-state index in [2.05, 4.69) is 25.1 Å². The fourth-order valence-corrected chi connectivity index (χ4v) is 3.06. The highest BCUT2D eigenvalue weighted by atomic mass is 32.2. The van der Waals surface area contributed by atoms with Crippen LogP contribution in [0.3, 0.4) is 0 Å². The Bertz CT molecular complexity index is 822. The van der Waals surface area contributed by atoms with Crippen LogP contribution in [0, 0.1) is 6.92 Å². The molecule has 0 aliphatic rings. The van der Waals surface area contributed by atoms with E-state index in [0.717, 1.165) is 11.3 Å². The average molecular weight is 308 g/mol. The third kappa shape index (κ3) is 3.49. The quantitative estimate of drug-likeness (QED) is 0.642. The molecule has 3 heteroatoms. The summed E-state index contributed by atoms with van der Waals surface area (Å²) >= 11 is 1.51. The SMILES string of the molecule is Cc1cccc(CSc2ccc(-c3ccccc3)oc2=O)c1. The fourth-order valence-electron chi connectivity index (χ4n) is 2.23. The first-order chi connectivity index (χ1) is 10.7. The molecule has 1 aromatic heterocycles. The lowest BCUT2D eigenvalue weighted by atomic mass is 10.2. The molecule has 0 radical (unpaired) electrons. The van der Waals surface area contributed by atoms with Gasteiger partial charge < -0.3 is 4.42 Å².